The minimum atomic E-state index is -1.12. The maximum atomic E-state index is 13.2. The minimum Gasteiger partial charge on any atom is -0.493 e. The van der Waals surface area contributed by atoms with Crippen molar-refractivity contribution >= 4 is 23.6 Å². The van der Waals surface area contributed by atoms with E-state index in [-0.39, 0.29) is 12.3 Å². The molecule has 1 heterocycles. The van der Waals surface area contributed by atoms with Crippen LogP contribution in [0.5, 0.6) is 5.75 Å². The number of rotatable bonds is 5. The van der Waals surface area contributed by atoms with Gasteiger partial charge in [0.05, 0.1) is 18.6 Å². The molecule has 1 aliphatic heterocycles. The molecule has 3 rings (SSSR count). The number of benzene rings is 2. The lowest BCUT2D eigenvalue weighted by molar-refractivity contribution is -0.131. The highest BCUT2D eigenvalue weighted by atomic mass is 16.5. The number of ether oxygens (including phenoxy) is 1. The van der Waals surface area contributed by atoms with E-state index >= 15 is 0 Å². The monoisotopic (exact) mass is 522 g/mol. The molecule has 0 aliphatic carbocycles. The molecule has 4 N–H and O–H groups in total. The summed E-state index contributed by atoms with van der Waals surface area (Å²) in [6, 6.07) is 14.3. The number of hydrogen-bond acceptors (Lipinski definition) is 5. The third-order valence-corrected chi connectivity index (χ3v) is 6.25. The molecular weight excluding hydrogens is 484 g/mol. The Labute approximate surface area is 224 Å². The van der Waals surface area contributed by atoms with E-state index in [0.29, 0.717) is 43.9 Å². The average molecular weight is 523 g/mol. The molecule has 0 spiro atoms. The van der Waals surface area contributed by atoms with Gasteiger partial charge < -0.3 is 26.0 Å². The first kappa shape index (κ1) is 28.7. The summed E-state index contributed by atoms with van der Waals surface area (Å²) in [5.41, 5.74) is 1.20. The maximum absolute atomic E-state index is 13.2. The van der Waals surface area contributed by atoms with Gasteiger partial charge in [0, 0.05) is 19.5 Å². The van der Waals surface area contributed by atoms with E-state index in [1.54, 1.807) is 24.3 Å². The van der Waals surface area contributed by atoms with Crippen LogP contribution in [0.2, 0.25) is 0 Å². The Bertz CT molecular complexity index is 1080. The summed E-state index contributed by atoms with van der Waals surface area (Å²) in [5.74, 6) is -1.34. The first-order valence-electron chi connectivity index (χ1n) is 13.4. The summed E-state index contributed by atoms with van der Waals surface area (Å²) in [7, 11) is 0. The first-order chi connectivity index (χ1) is 18.5. The van der Waals surface area contributed by atoms with Gasteiger partial charge in [0.2, 0.25) is 17.7 Å². The van der Waals surface area contributed by atoms with Crippen molar-refractivity contribution in [3.05, 3.63) is 65.7 Å². The highest BCUT2D eigenvalue weighted by Crippen LogP contribution is 2.19. The van der Waals surface area contributed by atoms with Crippen LogP contribution >= 0.6 is 0 Å². The second kappa shape index (κ2) is 15.4. The highest BCUT2D eigenvalue weighted by Gasteiger charge is 2.28. The third-order valence-electron chi connectivity index (χ3n) is 6.25. The third kappa shape index (κ3) is 9.21. The summed E-state index contributed by atoms with van der Waals surface area (Å²) in [6.45, 7) is 3.27. The fraction of sp³-hybridized carbons (Fsp3) is 0.448. The number of hydrogen-bond donors (Lipinski definition) is 4. The molecular formula is C29H38N4O5. The number of fused-ring (bicyclic) bond motifs is 1. The van der Waals surface area contributed by atoms with Crippen LogP contribution in [0.25, 0.3) is 0 Å². The van der Waals surface area contributed by atoms with Gasteiger partial charge in [-0.25, -0.2) is 0 Å². The SMILES string of the molecule is CCCNC(=O)[C@@H]1CC(=O)N[C@@H](Cc2ccccc2)C(=O)NCCCCCCOc2ccccc2C(=O)N1. The van der Waals surface area contributed by atoms with Crippen LogP contribution in [0.15, 0.2) is 54.6 Å². The van der Waals surface area contributed by atoms with Crippen molar-refractivity contribution in [2.75, 3.05) is 19.7 Å². The molecule has 0 unspecified atom stereocenters. The number of para-hydroxylation sites is 1. The molecule has 0 aromatic heterocycles. The standard InChI is InChI=1S/C29H38N4O5/c1-2-16-30-29(37)24-20-26(34)32-23(19-21-12-6-5-7-13-21)28(36)31-17-10-3-4-11-18-38-25-15-9-8-14-22(25)27(35)33-24/h5-9,12-15,23-24H,2-4,10-11,16-20H2,1H3,(H,30,37)(H,31,36)(H,32,34)(H,33,35)/t23-,24-/m0/s1. The van der Waals surface area contributed by atoms with E-state index in [2.05, 4.69) is 21.3 Å². The molecule has 4 amide bonds. The normalized spacial score (nSPS) is 19.9. The zero-order valence-electron chi connectivity index (χ0n) is 22.0. The van der Waals surface area contributed by atoms with E-state index in [1.165, 1.54) is 0 Å². The van der Waals surface area contributed by atoms with Gasteiger partial charge in [-0.15, -0.1) is 0 Å². The van der Waals surface area contributed by atoms with Gasteiger partial charge in [0.1, 0.15) is 17.8 Å². The molecule has 2 atom stereocenters. The van der Waals surface area contributed by atoms with Crippen LogP contribution < -0.4 is 26.0 Å². The maximum Gasteiger partial charge on any atom is 0.255 e. The number of nitrogens with one attached hydrogen (secondary N) is 4. The molecule has 0 bridgehead atoms. The quantitative estimate of drug-likeness (QED) is 0.480. The van der Waals surface area contributed by atoms with Crippen molar-refractivity contribution in [2.45, 2.75) is 64.0 Å². The van der Waals surface area contributed by atoms with Gasteiger partial charge in [-0.3, -0.25) is 19.2 Å². The van der Waals surface area contributed by atoms with Gasteiger partial charge in [0.15, 0.2) is 0 Å². The van der Waals surface area contributed by atoms with Crippen LogP contribution in [0.4, 0.5) is 0 Å². The molecule has 9 nitrogen and oxygen atoms in total. The lowest BCUT2D eigenvalue weighted by atomic mass is 10.0. The molecule has 204 valence electrons. The summed E-state index contributed by atoms with van der Waals surface area (Å²) >= 11 is 0. The van der Waals surface area contributed by atoms with Crippen molar-refractivity contribution in [3.63, 3.8) is 0 Å². The summed E-state index contributed by atoms with van der Waals surface area (Å²) in [4.78, 5) is 52.2. The number of carbonyl (C=O) groups excluding carboxylic acids is 4. The van der Waals surface area contributed by atoms with Gasteiger partial charge in [-0.2, -0.15) is 0 Å². The van der Waals surface area contributed by atoms with Gasteiger partial charge in [-0.1, -0.05) is 62.2 Å². The molecule has 1 aliphatic rings. The van der Waals surface area contributed by atoms with Crippen molar-refractivity contribution < 1.29 is 23.9 Å². The molecule has 2 aromatic rings. The van der Waals surface area contributed by atoms with Crippen LogP contribution in [0, 0.1) is 0 Å². The van der Waals surface area contributed by atoms with Gasteiger partial charge >= 0.3 is 0 Å². The molecule has 38 heavy (non-hydrogen) atoms. The molecule has 0 fully saturated rings. The smallest absolute Gasteiger partial charge is 0.255 e. The van der Waals surface area contributed by atoms with E-state index in [4.69, 9.17) is 4.74 Å². The lowest BCUT2D eigenvalue weighted by Gasteiger charge is -2.22. The summed E-state index contributed by atoms with van der Waals surface area (Å²) in [6.07, 6.45) is 4.12. The first-order valence-corrected chi connectivity index (χ1v) is 13.4. The largest absolute Gasteiger partial charge is 0.493 e. The van der Waals surface area contributed by atoms with Crippen molar-refractivity contribution in [1.82, 2.24) is 21.3 Å². The van der Waals surface area contributed by atoms with Gasteiger partial charge in [0.25, 0.3) is 5.91 Å². The van der Waals surface area contributed by atoms with E-state index < -0.39 is 29.8 Å². The highest BCUT2D eigenvalue weighted by molar-refractivity contribution is 6.01. The summed E-state index contributed by atoms with van der Waals surface area (Å²) < 4.78 is 5.86. The molecule has 9 heteroatoms. The molecule has 0 saturated heterocycles. The molecule has 2 aromatic carbocycles. The van der Waals surface area contributed by atoms with Crippen molar-refractivity contribution in [1.29, 1.82) is 0 Å². The Balaban J connectivity index is 1.83. The topological polar surface area (TPSA) is 126 Å². The van der Waals surface area contributed by atoms with Gasteiger partial charge in [-0.05, 0) is 37.0 Å². The molecule has 0 radical (unpaired) electrons. The second-order valence-corrected chi connectivity index (χ2v) is 9.38. The Hall–Kier alpha value is -3.88. The molecule has 0 saturated carbocycles. The number of carbonyl (C=O) groups is 4. The minimum absolute atomic E-state index is 0.281. The van der Waals surface area contributed by atoms with E-state index in [0.717, 1.165) is 31.2 Å². The fourth-order valence-corrected chi connectivity index (χ4v) is 4.19. The number of amides is 4. The zero-order chi connectivity index (χ0) is 27.2. The second-order valence-electron chi connectivity index (χ2n) is 9.38. The summed E-state index contributed by atoms with van der Waals surface area (Å²) in [5, 5.41) is 11.2. The lowest BCUT2D eigenvalue weighted by Crippen LogP contribution is -2.52. The van der Waals surface area contributed by atoms with Crippen molar-refractivity contribution in [2.24, 2.45) is 0 Å². The predicted octanol–water partition coefficient (Wildman–Crippen LogP) is 2.50. The van der Waals surface area contributed by atoms with Crippen LogP contribution in [-0.4, -0.2) is 55.4 Å². The van der Waals surface area contributed by atoms with Crippen LogP contribution in [0.3, 0.4) is 0 Å². The predicted molar refractivity (Wildman–Crippen MR) is 145 cm³/mol. The fourth-order valence-electron chi connectivity index (χ4n) is 4.19. The van der Waals surface area contributed by atoms with Crippen LogP contribution in [-0.2, 0) is 20.8 Å². The van der Waals surface area contributed by atoms with Crippen molar-refractivity contribution in [3.8, 4) is 5.75 Å². The Morgan fingerprint density at radius 1 is 0.947 bits per heavy atom. The average Bonchev–Trinajstić information content (AvgIpc) is 2.92. The Morgan fingerprint density at radius 3 is 2.47 bits per heavy atom. The Kier molecular flexibility index (Phi) is 11.6. The Morgan fingerprint density at radius 2 is 1.68 bits per heavy atom. The van der Waals surface area contributed by atoms with Crippen LogP contribution in [0.1, 0.15) is 61.4 Å². The zero-order valence-corrected chi connectivity index (χ0v) is 22.0. The van der Waals surface area contributed by atoms with E-state index in [9.17, 15) is 19.2 Å². The van der Waals surface area contributed by atoms with E-state index in [1.807, 2.05) is 37.3 Å².